The van der Waals surface area contributed by atoms with E-state index in [0.29, 0.717) is 5.57 Å². The second kappa shape index (κ2) is 6.23. The van der Waals surface area contributed by atoms with Crippen LogP contribution in [0.3, 0.4) is 0 Å². The summed E-state index contributed by atoms with van der Waals surface area (Å²) in [6.07, 6.45) is 6.92. The van der Waals surface area contributed by atoms with Crippen molar-refractivity contribution >= 4 is 6.08 Å². The zero-order valence-electron chi connectivity index (χ0n) is 9.24. The molecule has 1 aromatic carbocycles. The van der Waals surface area contributed by atoms with E-state index in [9.17, 15) is 5.11 Å². The zero-order valence-corrected chi connectivity index (χ0v) is 9.24. The Hall–Kier alpha value is -2.42. The van der Waals surface area contributed by atoms with Crippen LogP contribution in [0.15, 0.2) is 66.7 Å². The molecule has 3 nitrogen and oxygen atoms in total. The van der Waals surface area contributed by atoms with Crippen LogP contribution in [0.2, 0.25) is 0 Å². The maximum Gasteiger partial charge on any atom is 0.115 e. The van der Waals surface area contributed by atoms with E-state index in [1.165, 1.54) is 12.2 Å². The second-order valence-electron chi connectivity index (χ2n) is 3.33. The van der Waals surface area contributed by atoms with E-state index in [-0.39, 0.29) is 11.5 Å². The van der Waals surface area contributed by atoms with Crippen LogP contribution in [0.25, 0.3) is 6.08 Å². The molecule has 1 aromatic rings. The lowest BCUT2D eigenvalue weighted by Crippen LogP contribution is -1.78. The molecular formula is C14H14O3. The Balaban J connectivity index is 2.82. The molecule has 88 valence electrons. The van der Waals surface area contributed by atoms with Crippen molar-refractivity contribution in [2.75, 3.05) is 0 Å². The van der Waals surface area contributed by atoms with Gasteiger partial charge in [0.15, 0.2) is 0 Å². The van der Waals surface area contributed by atoms with E-state index in [1.807, 2.05) is 0 Å². The quantitative estimate of drug-likeness (QED) is 0.548. The van der Waals surface area contributed by atoms with Crippen LogP contribution in [0.4, 0.5) is 0 Å². The summed E-state index contributed by atoms with van der Waals surface area (Å²) in [7, 11) is 0. The van der Waals surface area contributed by atoms with Gasteiger partial charge >= 0.3 is 0 Å². The van der Waals surface area contributed by atoms with E-state index in [0.717, 1.165) is 11.8 Å². The van der Waals surface area contributed by atoms with Crippen molar-refractivity contribution in [3.63, 3.8) is 0 Å². The fraction of sp³-hybridized carbons (Fsp3) is 0. The molecule has 0 saturated carbocycles. The lowest BCUT2D eigenvalue weighted by Gasteiger charge is -1.96. The van der Waals surface area contributed by atoms with Gasteiger partial charge in [-0.05, 0) is 29.8 Å². The van der Waals surface area contributed by atoms with Crippen LogP contribution in [0.1, 0.15) is 5.56 Å². The molecule has 0 atom stereocenters. The number of phenolic OH excluding ortho intramolecular Hbond substituents is 1. The molecule has 0 radical (unpaired) electrons. The minimum atomic E-state index is -0.0272. The van der Waals surface area contributed by atoms with Gasteiger partial charge in [0.05, 0.1) is 6.26 Å². The molecule has 0 aliphatic rings. The van der Waals surface area contributed by atoms with E-state index < -0.39 is 0 Å². The fourth-order valence-electron chi connectivity index (χ4n) is 1.14. The van der Waals surface area contributed by atoms with Crippen LogP contribution < -0.4 is 0 Å². The Morgan fingerprint density at radius 2 is 1.82 bits per heavy atom. The molecule has 0 bridgehead atoms. The van der Waals surface area contributed by atoms with Crippen LogP contribution in [0, 0.1) is 0 Å². The molecule has 0 aromatic heterocycles. The Labute approximate surface area is 100.0 Å². The number of aliphatic hydroxyl groups excluding tert-OH is 2. The maximum absolute atomic E-state index is 9.22. The first-order valence-electron chi connectivity index (χ1n) is 5.00. The third-order valence-corrected chi connectivity index (χ3v) is 2.03. The van der Waals surface area contributed by atoms with Gasteiger partial charge in [-0.25, -0.2) is 0 Å². The van der Waals surface area contributed by atoms with Gasteiger partial charge in [0.25, 0.3) is 0 Å². The Kier molecular flexibility index (Phi) is 4.63. The highest BCUT2D eigenvalue weighted by molar-refractivity contribution is 5.55. The molecule has 3 N–H and O–H groups in total. The van der Waals surface area contributed by atoms with Crippen molar-refractivity contribution in [1.82, 2.24) is 0 Å². The van der Waals surface area contributed by atoms with Crippen molar-refractivity contribution < 1.29 is 15.3 Å². The van der Waals surface area contributed by atoms with Crippen molar-refractivity contribution in [2.24, 2.45) is 0 Å². The summed E-state index contributed by atoms with van der Waals surface area (Å²) in [6, 6.07) is 6.61. The maximum atomic E-state index is 9.22. The molecule has 0 aliphatic carbocycles. The third kappa shape index (κ3) is 4.30. The van der Waals surface area contributed by atoms with Gasteiger partial charge in [0, 0.05) is 5.57 Å². The zero-order chi connectivity index (χ0) is 12.7. The Morgan fingerprint density at radius 3 is 2.35 bits per heavy atom. The molecule has 3 heteroatoms. The molecule has 0 saturated heterocycles. The summed E-state index contributed by atoms with van der Waals surface area (Å²) in [4.78, 5) is 0. The number of allylic oxidation sites excluding steroid dienone is 4. The van der Waals surface area contributed by atoms with Gasteiger partial charge in [-0.1, -0.05) is 30.9 Å². The van der Waals surface area contributed by atoms with Crippen molar-refractivity contribution in [3.8, 4) is 5.75 Å². The van der Waals surface area contributed by atoms with Crippen LogP contribution in [-0.2, 0) is 0 Å². The van der Waals surface area contributed by atoms with Crippen molar-refractivity contribution in [2.45, 2.75) is 0 Å². The van der Waals surface area contributed by atoms with Crippen LogP contribution in [-0.4, -0.2) is 15.3 Å². The minimum Gasteiger partial charge on any atom is -0.515 e. The van der Waals surface area contributed by atoms with Crippen molar-refractivity contribution in [1.29, 1.82) is 0 Å². The van der Waals surface area contributed by atoms with Gasteiger partial charge in [-0.3, -0.25) is 0 Å². The van der Waals surface area contributed by atoms with Crippen molar-refractivity contribution in [3.05, 3.63) is 72.2 Å². The highest BCUT2D eigenvalue weighted by Crippen LogP contribution is 2.12. The normalized spacial score (nSPS) is 12.9. The largest absolute Gasteiger partial charge is 0.515 e. The topological polar surface area (TPSA) is 60.7 Å². The predicted octanol–water partition coefficient (Wildman–Crippen LogP) is 3.48. The van der Waals surface area contributed by atoms with Gasteiger partial charge in [0.1, 0.15) is 11.5 Å². The summed E-state index contributed by atoms with van der Waals surface area (Å²) in [5.41, 5.74) is 1.31. The summed E-state index contributed by atoms with van der Waals surface area (Å²) < 4.78 is 0. The number of aromatic hydroxyl groups is 1. The summed E-state index contributed by atoms with van der Waals surface area (Å²) in [6.45, 7) is 3.40. The highest BCUT2D eigenvalue weighted by atomic mass is 16.3. The number of hydrogen-bond donors (Lipinski definition) is 3. The summed E-state index contributed by atoms with van der Waals surface area (Å²) >= 11 is 0. The average molecular weight is 230 g/mol. The highest BCUT2D eigenvalue weighted by Gasteiger charge is 1.92. The van der Waals surface area contributed by atoms with E-state index >= 15 is 0 Å². The molecule has 0 unspecified atom stereocenters. The number of hydrogen-bond acceptors (Lipinski definition) is 3. The molecular weight excluding hydrogens is 216 g/mol. The van der Waals surface area contributed by atoms with E-state index in [2.05, 4.69) is 6.58 Å². The molecule has 0 aliphatic heterocycles. The molecule has 17 heavy (non-hydrogen) atoms. The average Bonchev–Trinajstić information content (AvgIpc) is 2.36. The Morgan fingerprint density at radius 1 is 1.18 bits per heavy atom. The number of benzene rings is 1. The van der Waals surface area contributed by atoms with Gasteiger partial charge in [0.2, 0.25) is 0 Å². The fourth-order valence-corrected chi connectivity index (χ4v) is 1.14. The van der Waals surface area contributed by atoms with Crippen LogP contribution in [0.5, 0.6) is 5.75 Å². The first-order valence-corrected chi connectivity index (χ1v) is 5.00. The molecule has 0 fully saturated rings. The SMILES string of the molecule is C=C\C(O)=C/C(=C\O)/C=C/c1ccc(O)cc1. The van der Waals surface area contributed by atoms with E-state index in [1.54, 1.807) is 36.4 Å². The summed E-state index contributed by atoms with van der Waals surface area (Å²) in [5.74, 6) is 0.171. The molecule has 0 heterocycles. The van der Waals surface area contributed by atoms with Gasteiger partial charge in [-0.15, -0.1) is 0 Å². The first kappa shape index (κ1) is 12.6. The number of rotatable bonds is 4. The number of phenols is 1. The van der Waals surface area contributed by atoms with Gasteiger partial charge < -0.3 is 15.3 Å². The second-order valence-corrected chi connectivity index (χ2v) is 3.33. The summed E-state index contributed by atoms with van der Waals surface area (Å²) in [5, 5.41) is 27.3. The third-order valence-electron chi connectivity index (χ3n) is 2.03. The lowest BCUT2D eigenvalue weighted by atomic mass is 10.1. The monoisotopic (exact) mass is 230 g/mol. The smallest absolute Gasteiger partial charge is 0.115 e. The van der Waals surface area contributed by atoms with E-state index in [4.69, 9.17) is 10.2 Å². The minimum absolute atomic E-state index is 0.0272. The number of aliphatic hydroxyl groups is 2. The standard InChI is InChI=1S/C14H14O3/c1-2-13(16)9-12(10-15)4-3-11-5-7-14(17)8-6-11/h2-10,15-17H,1H2/b4-3+,12-10-,13-9+. The predicted molar refractivity (Wildman–Crippen MR) is 68.8 cm³/mol. The Bertz CT molecular complexity index is 465. The molecule has 0 amide bonds. The lowest BCUT2D eigenvalue weighted by molar-refractivity contribution is 0.431. The molecule has 1 rings (SSSR count). The van der Waals surface area contributed by atoms with Gasteiger partial charge in [-0.2, -0.15) is 0 Å². The van der Waals surface area contributed by atoms with Crippen LogP contribution >= 0.6 is 0 Å². The first-order chi connectivity index (χ1) is 8.15. The molecule has 0 spiro atoms.